The number of aromatic nitrogens is 3. The molecule has 0 aliphatic rings. The van der Waals surface area contributed by atoms with Gasteiger partial charge in [-0.15, -0.1) is 5.10 Å². The Balaban J connectivity index is 1.80. The lowest BCUT2D eigenvalue weighted by Crippen LogP contribution is -2.28. The fourth-order valence-electron chi connectivity index (χ4n) is 1.58. The zero-order chi connectivity index (χ0) is 11.4. The minimum atomic E-state index is 0.462. The minimum absolute atomic E-state index is 0.462. The molecule has 0 spiro atoms. The van der Waals surface area contributed by atoms with Crippen molar-refractivity contribution in [2.45, 2.75) is 25.9 Å². The molecular weight excluding hydrogens is 220 g/mol. The summed E-state index contributed by atoms with van der Waals surface area (Å²) in [7, 11) is 1.91. The SMILES string of the molecule is CC(Cc1ccsc1)NCc1cnnn1C. The fraction of sp³-hybridized carbons (Fsp3) is 0.455. The highest BCUT2D eigenvalue weighted by Crippen LogP contribution is 2.08. The first-order valence-electron chi connectivity index (χ1n) is 5.33. The van der Waals surface area contributed by atoms with Gasteiger partial charge in [-0.2, -0.15) is 11.3 Å². The van der Waals surface area contributed by atoms with Gasteiger partial charge >= 0.3 is 0 Å². The van der Waals surface area contributed by atoms with Gasteiger partial charge in [0.2, 0.25) is 0 Å². The average Bonchev–Trinajstić information content (AvgIpc) is 2.87. The molecule has 4 nitrogen and oxygen atoms in total. The van der Waals surface area contributed by atoms with E-state index in [2.05, 4.69) is 39.4 Å². The number of thiophene rings is 1. The summed E-state index contributed by atoms with van der Waals surface area (Å²) in [5.74, 6) is 0. The van der Waals surface area contributed by atoms with Gasteiger partial charge in [-0.1, -0.05) is 5.21 Å². The van der Waals surface area contributed by atoms with Crippen LogP contribution in [0.25, 0.3) is 0 Å². The molecule has 0 amide bonds. The molecule has 1 N–H and O–H groups in total. The van der Waals surface area contributed by atoms with Crippen molar-refractivity contribution in [3.63, 3.8) is 0 Å². The predicted molar refractivity (Wildman–Crippen MR) is 65.3 cm³/mol. The van der Waals surface area contributed by atoms with Crippen molar-refractivity contribution in [2.24, 2.45) is 7.05 Å². The summed E-state index contributed by atoms with van der Waals surface area (Å²) in [4.78, 5) is 0. The Bertz CT molecular complexity index is 421. The van der Waals surface area contributed by atoms with Crippen molar-refractivity contribution in [1.29, 1.82) is 0 Å². The molecule has 0 bridgehead atoms. The van der Waals surface area contributed by atoms with Gasteiger partial charge in [0.05, 0.1) is 11.9 Å². The summed E-state index contributed by atoms with van der Waals surface area (Å²) in [5.41, 5.74) is 2.50. The number of hydrogen-bond donors (Lipinski definition) is 1. The number of rotatable bonds is 5. The second-order valence-corrected chi connectivity index (χ2v) is 4.75. The van der Waals surface area contributed by atoms with Crippen LogP contribution in [0.15, 0.2) is 23.0 Å². The van der Waals surface area contributed by atoms with E-state index in [4.69, 9.17) is 0 Å². The molecule has 2 aromatic rings. The Labute approximate surface area is 99.3 Å². The molecule has 5 heteroatoms. The van der Waals surface area contributed by atoms with Gasteiger partial charge in [0, 0.05) is 19.6 Å². The highest BCUT2D eigenvalue weighted by molar-refractivity contribution is 7.07. The monoisotopic (exact) mass is 236 g/mol. The molecule has 0 saturated carbocycles. The predicted octanol–water partition coefficient (Wildman–Crippen LogP) is 1.60. The van der Waals surface area contributed by atoms with Crippen molar-refractivity contribution < 1.29 is 0 Å². The lowest BCUT2D eigenvalue weighted by molar-refractivity contribution is 0.525. The molecule has 0 aliphatic carbocycles. The Hall–Kier alpha value is -1.20. The largest absolute Gasteiger partial charge is 0.308 e. The molecule has 0 aliphatic heterocycles. The smallest absolute Gasteiger partial charge is 0.0738 e. The van der Waals surface area contributed by atoms with Crippen LogP contribution < -0.4 is 5.32 Å². The van der Waals surface area contributed by atoms with Crippen molar-refractivity contribution >= 4 is 11.3 Å². The van der Waals surface area contributed by atoms with Gasteiger partial charge < -0.3 is 5.32 Å². The second-order valence-electron chi connectivity index (χ2n) is 3.97. The Morgan fingerprint density at radius 2 is 2.44 bits per heavy atom. The number of nitrogens with zero attached hydrogens (tertiary/aromatic N) is 3. The summed E-state index contributed by atoms with van der Waals surface area (Å²) in [6.07, 6.45) is 2.86. The molecule has 1 unspecified atom stereocenters. The van der Waals surface area contributed by atoms with Crippen LogP contribution in [0.4, 0.5) is 0 Å². The zero-order valence-corrected chi connectivity index (χ0v) is 10.4. The van der Waals surface area contributed by atoms with E-state index in [0.717, 1.165) is 18.7 Å². The van der Waals surface area contributed by atoms with E-state index in [1.807, 2.05) is 7.05 Å². The third-order valence-electron chi connectivity index (χ3n) is 2.56. The third-order valence-corrected chi connectivity index (χ3v) is 3.29. The maximum atomic E-state index is 3.90. The Morgan fingerprint density at radius 1 is 1.56 bits per heavy atom. The maximum absolute atomic E-state index is 3.90. The number of nitrogens with one attached hydrogen (secondary N) is 1. The quantitative estimate of drug-likeness (QED) is 0.857. The van der Waals surface area contributed by atoms with Crippen LogP contribution in [0.3, 0.4) is 0 Å². The lowest BCUT2D eigenvalue weighted by atomic mass is 10.1. The van der Waals surface area contributed by atoms with Crippen LogP contribution in [0, 0.1) is 0 Å². The van der Waals surface area contributed by atoms with Gasteiger partial charge in [-0.05, 0) is 35.7 Å². The van der Waals surface area contributed by atoms with Crippen molar-refractivity contribution in [1.82, 2.24) is 20.3 Å². The van der Waals surface area contributed by atoms with Gasteiger partial charge in [-0.25, -0.2) is 0 Å². The summed E-state index contributed by atoms with van der Waals surface area (Å²) in [6, 6.07) is 2.64. The molecule has 0 radical (unpaired) electrons. The molecule has 0 saturated heterocycles. The van der Waals surface area contributed by atoms with Crippen molar-refractivity contribution in [3.8, 4) is 0 Å². The molecule has 0 aromatic carbocycles. The maximum Gasteiger partial charge on any atom is 0.0738 e. The molecule has 0 fully saturated rings. The average molecular weight is 236 g/mol. The normalized spacial score (nSPS) is 12.9. The van der Waals surface area contributed by atoms with E-state index >= 15 is 0 Å². The molecular formula is C11H16N4S. The summed E-state index contributed by atoms with van der Waals surface area (Å²) < 4.78 is 1.80. The van der Waals surface area contributed by atoms with Crippen LogP contribution >= 0.6 is 11.3 Å². The molecule has 86 valence electrons. The Morgan fingerprint density at radius 3 is 3.06 bits per heavy atom. The zero-order valence-electron chi connectivity index (χ0n) is 9.55. The van der Waals surface area contributed by atoms with E-state index < -0.39 is 0 Å². The van der Waals surface area contributed by atoms with E-state index in [1.54, 1.807) is 22.2 Å². The lowest BCUT2D eigenvalue weighted by Gasteiger charge is -2.12. The third kappa shape index (κ3) is 2.90. The number of aryl methyl sites for hydroxylation is 1. The van der Waals surface area contributed by atoms with Crippen LogP contribution in [0.2, 0.25) is 0 Å². The van der Waals surface area contributed by atoms with Gasteiger partial charge in [0.1, 0.15) is 0 Å². The van der Waals surface area contributed by atoms with Gasteiger partial charge in [0.15, 0.2) is 0 Å². The van der Waals surface area contributed by atoms with Crippen LogP contribution in [-0.4, -0.2) is 21.0 Å². The van der Waals surface area contributed by atoms with Crippen molar-refractivity contribution in [2.75, 3.05) is 0 Å². The van der Waals surface area contributed by atoms with E-state index in [9.17, 15) is 0 Å². The van der Waals surface area contributed by atoms with Crippen LogP contribution in [-0.2, 0) is 20.0 Å². The summed E-state index contributed by atoms with van der Waals surface area (Å²) in [6.45, 7) is 3.01. The molecule has 2 aromatic heterocycles. The molecule has 1 atom stereocenters. The first-order valence-corrected chi connectivity index (χ1v) is 6.28. The van der Waals surface area contributed by atoms with Gasteiger partial charge in [0.25, 0.3) is 0 Å². The molecule has 2 rings (SSSR count). The standard InChI is InChI=1S/C11H16N4S/c1-9(5-10-3-4-16-8-10)12-6-11-7-13-14-15(11)2/h3-4,7-9,12H,5-6H2,1-2H3. The van der Waals surface area contributed by atoms with E-state index in [0.29, 0.717) is 6.04 Å². The first-order chi connectivity index (χ1) is 7.75. The first kappa shape index (κ1) is 11.3. The van der Waals surface area contributed by atoms with Gasteiger partial charge in [-0.3, -0.25) is 4.68 Å². The summed E-state index contributed by atoms with van der Waals surface area (Å²) in [5, 5.41) is 15.5. The molecule has 2 heterocycles. The highest BCUT2D eigenvalue weighted by Gasteiger charge is 2.05. The molecule has 16 heavy (non-hydrogen) atoms. The van der Waals surface area contributed by atoms with Crippen LogP contribution in [0.5, 0.6) is 0 Å². The number of hydrogen-bond acceptors (Lipinski definition) is 4. The Kier molecular flexibility index (Phi) is 3.69. The van der Waals surface area contributed by atoms with Crippen LogP contribution in [0.1, 0.15) is 18.2 Å². The van der Waals surface area contributed by atoms with Crippen molar-refractivity contribution in [3.05, 3.63) is 34.3 Å². The fourth-order valence-corrected chi connectivity index (χ4v) is 2.27. The van der Waals surface area contributed by atoms with E-state index in [1.165, 1.54) is 5.56 Å². The minimum Gasteiger partial charge on any atom is -0.308 e. The second kappa shape index (κ2) is 5.23. The topological polar surface area (TPSA) is 42.7 Å². The summed E-state index contributed by atoms with van der Waals surface area (Å²) >= 11 is 1.75. The highest BCUT2D eigenvalue weighted by atomic mass is 32.1. The van der Waals surface area contributed by atoms with E-state index in [-0.39, 0.29) is 0 Å².